The van der Waals surface area contributed by atoms with E-state index in [4.69, 9.17) is 5.11 Å². The van der Waals surface area contributed by atoms with Crippen LogP contribution in [-0.4, -0.2) is 11.1 Å². The van der Waals surface area contributed by atoms with Crippen molar-refractivity contribution in [3.63, 3.8) is 0 Å². The minimum Gasteiger partial charge on any atom is -0.478 e. The van der Waals surface area contributed by atoms with E-state index in [1.807, 2.05) is 6.92 Å². The number of allylic oxidation sites excluding steroid dienone is 5. The van der Waals surface area contributed by atoms with Gasteiger partial charge in [0.1, 0.15) is 0 Å². The lowest BCUT2D eigenvalue weighted by atomic mass is 10.0. The van der Waals surface area contributed by atoms with Crippen molar-refractivity contribution in [1.29, 1.82) is 0 Å². The molecule has 0 aromatic heterocycles. The average molecular weight is 250 g/mol. The van der Waals surface area contributed by atoms with Gasteiger partial charge in [0, 0.05) is 6.08 Å². The van der Waals surface area contributed by atoms with Gasteiger partial charge in [-0.1, -0.05) is 35.8 Å². The molecule has 0 saturated heterocycles. The predicted molar refractivity (Wildman–Crippen MR) is 77.7 cm³/mol. The van der Waals surface area contributed by atoms with E-state index in [0.29, 0.717) is 0 Å². The van der Waals surface area contributed by atoms with Crippen LogP contribution in [0.3, 0.4) is 0 Å². The second kappa shape index (κ2) is 9.69. The minimum atomic E-state index is -0.837. The second-order valence-electron chi connectivity index (χ2n) is 4.90. The van der Waals surface area contributed by atoms with Crippen LogP contribution in [0.25, 0.3) is 0 Å². The van der Waals surface area contributed by atoms with E-state index < -0.39 is 5.97 Å². The molecule has 18 heavy (non-hydrogen) atoms. The third-order valence-electron chi connectivity index (χ3n) is 2.83. The van der Waals surface area contributed by atoms with E-state index in [-0.39, 0.29) is 0 Å². The molecule has 2 heteroatoms. The van der Waals surface area contributed by atoms with Crippen LogP contribution in [0, 0.1) is 0 Å². The average Bonchev–Trinajstić information content (AvgIpc) is 2.26. The number of aliphatic carboxylic acids is 1. The monoisotopic (exact) mass is 250 g/mol. The molecule has 0 saturated carbocycles. The van der Waals surface area contributed by atoms with E-state index in [2.05, 4.69) is 32.9 Å². The SMILES string of the molecule is CC/C(=C\C(=O)O)CC/C=C(\C)CCC=C(C)C. The van der Waals surface area contributed by atoms with Crippen LogP contribution < -0.4 is 0 Å². The number of carboxylic acids is 1. The fraction of sp³-hybridized carbons (Fsp3) is 0.562. The van der Waals surface area contributed by atoms with Crippen LogP contribution in [0.2, 0.25) is 0 Å². The molecule has 0 aromatic carbocycles. The highest BCUT2D eigenvalue weighted by atomic mass is 16.4. The normalized spacial score (nSPS) is 12.4. The van der Waals surface area contributed by atoms with Crippen LogP contribution in [0.5, 0.6) is 0 Å². The first-order valence-electron chi connectivity index (χ1n) is 6.67. The van der Waals surface area contributed by atoms with E-state index in [0.717, 1.165) is 37.7 Å². The Hall–Kier alpha value is -1.31. The predicted octanol–water partition coefficient (Wildman–Crippen LogP) is 4.88. The summed E-state index contributed by atoms with van der Waals surface area (Å²) in [5.41, 5.74) is 3.76. The zero-order valence-corrected chi connectivity index (χ0v) is 12.1. The van der Waals surface area contributed by atoms with E-state index in [1.54, 1.807) is 0 Å². The van der Waals surface area contributed by atoms with E-state index >= 15 is 0 Å². The molecule has 0 fully saturated rings. The molecule has 0 aliphatic carbocycles. The summed E-state index contributed by atoms with van der Waals surface area (Å²) in [4.78, 5) is 10.6. The van der Waals surface area contributed by atoms with Crippen molar-refractivity contribution in [2.45, 2.75) is 59.8 Å². The van der Waals surface area contributed by atoms with Crippen molar-refractivity contribution in [2.24, 2.45) is 0 Å². The Balaban J connectivity index is 4.06. The van der Waals surface area contributed by atoms with Crippen LogP contribution >= 0.6 is 0 Å². The zero-order valence-electron chi connectivity index (χ0n) is 12.1. The van der Waals surface area contributed by atoms with Gasteiger partial charge in [-0.2, -0.15) is 0 Å². The van der Waals surface area contributed by atoms with Gasteiger partial charge in [0.05, 0.1) is 0 Å². The summed E-state index contributed by atoms with van der Waals surface area (Å²) in [6.07, 6.45) is 10.6. The Morgan fingerprint density at radius 2 is 1.67 bits per heavy atom. The molecule has 1 N–H and O–H groups in total. The van der Waals surface area contributed by atoms with Crippen LogP contribution in [-0.2, 0) is 4.79 Å². The smallest absolute Gasteiger partial charge is 0.328 e. The van der Waals surface area contributed by atoms with Gasteiger partial charge >= 0.3 is 5.97 Å². The molecule has 0 aliphatic rings. The number of hydrogen-bond donors (Lipinski definition) is 1. The molecular formula is C16H26O2. The number of rotatable bonds is 8. The zero-order chi connectivity index (χ0) is 14.0. The summed E-state index contributed by atoms with van der Waals surface area (Å²) >= 11 is 0. The molecule has 2 nitrogen and oxygen atoms in total. The summed E-state index contributed by atoms with van der Waals surface area (Å²) in [7, 11) is 0. The minimum absolute atomic E-state index is 0.816. The molecule has 0 aromatic rings. The van der Waals surface area contributed by atoms with Gasteiger partial charge in [-0.25, -0.2) is 4.79 Å². The van der Waals surface area contributed by atoms with E-state index in [1.165, 1.54) is 17.2 Å². The summed E-state index contributed by atoms with van der Waals surface area (Å²) in [6.45, 7) is 8.37. The maximum absolute atomic E-state index is 10.6. The Morgan fingerprint density at radius 1 is 1.06 bits per heavy atom. The second-order valence-corrected chi connectivity index (χ2v) is 4.90. The van der Waals surface area contributed by atoms with Crippen LogP contribution in [0.4, 0.5) is 0 Å². The van der Waals surface area contributed by atoms with Gasteiger partial charge in [-0.3, -0.25) is 0 Å². The Labute approximate surface area is 111 Å². The topological polar surface area (TPSA) is 37.3 Å². The standard InChI is InChI=1S/C16H26O2/c1-5-15(12-16(17)18)11-7-10-14(4)9-6-8-13(2)3/h8,10,12H,5-7,9,11H2,1-4H3,(H,17,18)/b14-10+,15-12+. The summed E-state index contributed by atoms with van der Waals surface area (Å²) in [6, 6.07) is 0. The number of hydrogen-bond acceptors (Lipinski definition) is 1. The van der Waals surface area contributed by atoms with Crippen molar-refractivity contribution >= 4 is 5.97 Å². The lowest BCUT2D eigenvalue weighted by Gasteiger charge is -2.02. The Kier molecular flexibility index (Phi) is 8.99. The molecule has 0 unspecified atom stereocenters. The molecule has 0 amide bonds. The molecule has 0 bridgehead atoms. The van der Waals surface area contributed by atoms with Gasteiger partial charge < -0.3 is 5.11 Å². The lowest BCUT2D eigenvalue weighted by molar-refractivity contribution is -0.131. The molecule has 0 radical (unpaired) electrons. The van der Waals surface area contributed by atoms with Crippen molar-refractivity contribution < 1.29 is 9.90 Å². The highest BCUT2D eigenvalue weighted by Crippen LogP contribution is 2.13. The molecule has 0 heterocycles. The highest BCUT2D eigenvalue weighted by molar-refractivity contribution is 5.80. The van der Waals surface area contributed by atoms with Crippen molar-refractivity contribution in [3.05, 3.63) is 34.9 Å². The van der Waals surface area contributed by atoms with Gasteiger partial charge in [-0.15, -0.1) is 0 Å². The van der Waals surface area contributed by atoms with Crippen LogP contribution in [0.1, 0.15) is 59.8 Å². The summed E-state index contributed by atoms with van der Waals surface area (Å²) in [5, 5.41) is 8.69. The fourth-order valence-electron chi connectivity index (χ4n) is 1.72. The molecular weight excluding hydrogens is 224 g/mol. The third-order valence-corrected chi connectivity index (χ3v) is 2.83. The molecule has 0 atom stereocenters. The first kappa shape index (κ1) is 16.7. The van der Waals surface area contributed by atoms with Crippen molar-refractivity contribution in [1.82, 2.24) is 0 Å². The molecule has 102 valence electrons. The molecule has 0 aliphatic heterocycles. The maximum atomic E-state index is 10.6. The molecule has 0 rings (SSSR count). The van der Waals surface area contributed by atoms with E-state index in [9.17, 15) is 4.79 Å². The third kappa shape index (κ3) is 9.88. The maximum Gasteiger partial charge on any atom is 0.328 e. The van der Waals surface area contributed by atoms with Crippen molar-refractivity contribution in [3.8, 4) is 0 Å². The van der Waals surface area contributed by atoms with Crippen molar-refractivity contribution in [2.75, 3.05) is 0 Å². The highest BCUT2D eigenvalue weighted by Gasteiger charge is 1.97. The first-order chi connectivity index (χ1) is 8.45. The fourth-order valence-corrected chi connectivity index (χ4v) is 1.72. The number of carboxylic acid groups (broad SMARTS) is 1. The van der Waals surface area contributed by atoms with Gasteiger partial charge in [0.15, 0.2) is 0 Å². The quantitative estimate of drug-likeness (QED) is 0.492. The van der Waals surface area contributed by atoms with Gasteiger partial charge in [-0.05, 0) is 52.9 Å². The Morgan fingerprint density at radius 3 is 2.17 bits per heavy atom. The summed E-state index contributed by atoms with van der Waals surface area (Å²) < 4.78 is 0. The largest absolute Gasteiger partial charge is 0.478 e. The molecule has 0 spiro atoms. The van der Waals surface area contributed by atoms with Crippen LogP contribution in [0.15, 0.2) is 34.9 Å². The number of carbonyl (C=O) groups is 1. The lowest BCUT2D eigenvalue weighted by Crippen LogP contribution is -1.92. The first-order valence-corrected chi connectivity index (χ1v) is 6.67. The summed E-state index contributed by atoms with van der Waals surface area (Å²) in [5.74, 6) is -0.837. The Bertz CT molecular complexity index is 342. The van der Waals surface area contributed by atoms with Gasteiger partial charge in [0.25, 0.3) is 0 Å². The van der Waals surface area contributed by atoms with Gasteiger partial charge in [0.2, 0.25) is 0 Å².